The van der Waals surface area contributed by atoms with Gasteiger partial charge in [0.1, 0.15) is 0 Å². The summed E-state index contributed by atoms with van der Waals surface area (Å²) in [5.74, 6) is 2.37. The van der Waals surface area contributed by atoms with Crippen molar-refractivity contribution in [3.8, 4) is 11.5 Å². The molecule has 1 heterocycles. The van der Waals surface area contributed by atoms with Crippen LogP contribution in [0, 0.1) is 6.92 Å². The summed E-state index contributed by atoms with van der Waals surface area (Å²) in [5.41, 5.74) is 2.57. The molecule has 0 saturated carbocycles. The second-order valence-corrected chi connectivity index (χ2v) is 4.31. The Bertz CT molecular complexity index is 356. The zero-order valence-corrected chi connectivity index (χ0v) is 9.67. The Kier molecular flexibility index (Phi) is 2.85. The third kappa shape index (κ3) is 1.94. The van der Waals surface area contributed by atoms with Crippen LogP contribution in [0.4, 0.5) is 0 Å². The maximum Gasteiger partial charge on any atom is 0.164 e. The number of hydrogen-bond donors (Lipinski definition) is 0. The molecule has 0 radical (unpaired) electrons. The zero-order chi connectivity index (χ0) is 10.8. The topological polar surface area (TPSA) is 18.5 Å². The minimum absolute atomic E-state index is 0.530. The Hall–Kier alpha value is -1.18. The lowest BCUT2D eigenvalue weighted by Crippen LogP contribution is -1.99. The summed E-state index contributed by atoms with van der Waals surface area (Å²) in [6.45, 7) is 8.03. The maximum absolute atomic E-state index is 5.75. The van der Waals surface area contributed by atoms with Crippen molar-refractivity contribution in [2.24, 2.45) is 0 Å². The van der Waals surface area contributed by atoms with Crippen LogP contribution in [0.2, 0.25) is 0 Å². The van der Waals surface area contributed by atoms with Crippen molar-refractivity contribution in [1.29, 1.82) is 0 Å². The van der Waals surface area contributed by atoms with E-state index in [0.29, 0.717) is 5.92 Å². The molecule has 15 heavy (non-hydrogen) atoms. The molecule has 1 aliphatic rings. The minimum Gasteiger partial charge on any atom is -0.490 e. The van der Waals surface area contributed by atoms with E-state index in [1.54, 1.807) is 0 Å². The van der Waals surface area contributed by atoms with Gasteiger partial charge in [-0.05, 0) is 30.0 Å². The van der Waals surface area contributed by atoms with Crippen LogP contribution in [0.25, 0.3) is 0 Å². The first-order chi connectivity index (χ1) is 7.20. The standard InChI is InChI=1S/C13H18O2/c1-9(2)11-5-6-12-13(10(11)3)15-8-4-7-14-12/h5-6,9H,4,7-8H2,1-3H3. The van der Waals surface area contributed by atoms with Crippen LogP contribution in [-0.4, -0.2) is 13.2 Å². The van der Waals surface area contributed by atoms with Crippen molar-refractivity contribution < 1.29 is 9.47 Å². The Labute approximate surface area is 91.2 Å². The van der Waals surface area contributed by atoms with E-state index < -0.39 is 0 Å². The van der Waals surface area contributed by atoms with Gasteiger partial charge < -0.3 is 9.47 Å². The third-order valence-electron chi connectivity index (χ3n) is 2.83. The molecule has 1 aromatic rings. The molecule has 0 fully saturated rings. The van der Waals surface area contributed by atoms with Gasteiger partial charge in [-0.25, -0.2) is 0 Å². The van der Waals surface area contributed by atoms with Gasteiger partial charge >= 0.3 is 0 Å². The maximum atomic E-state index is 5.75. The summed E-state index contributed by atoms with van der Waals surface area (Å²) >= 11 is 0. The number of ether oxygens (including phenoxy) is 2. The molecule has 0 spiro atoms. The largest absolute Gasteiger partial charge is 0.490 e. The highest BCUT2D eigenvalue weighted by Crippen LogP contribution is 2.37. The van der Waals surface area contributed by atoms with Gasteiger partial charge in [0, 0.05) is 6.42 Å². The van der Waals surface area contributed by atoms with E-state index in [1.165, 1.54) is 11.1 Å². The molecular formula is C13H18O2. The molecule has 2 nitrogen and oxygen atoms in total. The van der Waals surface area contributed by atoms with E-state index in [4.69, 9.17) is 9.47 Å². The number of hydrogen-bond acceptors (Lipinski definition) is 2. The average molecular weight is 206 g/mol. The fraction of sp³-hybridized carbons (Fsp3) is 0.538. The van der Waals surface area contributed by atoms with Gasteiger partial charge in [-0.3, -0.25) is 0 Å². The average Bonchev–Trinajstić information content (AvgIpc) is 2.43. The van der Waals surface area contributed by atoms with Crippen molar-refractivity contribution in [1.82, 2.24) is 0 Å². The highest BCUT2D eigenvalue weighted by molar-refractivity contribution is 5.51. The first kappa shape index (κ1) is 10.3. The molecule has 82 valence electrons. The minimum atomic E-state index is 0.530. The smallest absolute Gasteiger partial charge is 0.164 e. The lowest BCUT2D eigenvalue weighted by Gasteiger charge is -2.15. The first-order valence-corrected chi connectivity index (χ1v) is 5.59. The normalized spacial score (nSPS) is 15.2. The molecule has 0 saturated heterocycles. The molecule has 0 N–H and O–H groups in total. The second kappa shape index (κ2) is 4.13. The summed E-state index contributed by atoms with van der Waals surface area (Å²) < 4.78 is 11.4. The van der Waals surface area contributed by atoms with Gasteiger partial charge in [0.25, 0.3) is 0 Å². The lowest BCUT2D eigenvalue weighted by atomic mass is 9.97. The SMILES string of the molecule is Cc1c(C(C)C)ccc2c1OCCCO2. The van der Waals surface area contributed by atoms with Crippen LogP contribution in [0.1, 0.15) is 37.3 Å². The van der Waals surface area contributed by atoms with Crippen molar-refractivity contribution in [2.45, 2.75) is 33.1 Å². The summed E-state index contributed by atoms with van der Waals surface area (Å²) in [6, 6.07) is 4.18. The highest BCUT2D eigenvalue weighted by Gasteiger charge is 2.16. The van der Waals surface area contributed by atoms with Crippen molar-refractivity contribution >= 4 is 0 Å². The molecular weight excluding hydrogens is 188 g/mol. The highest BCUT2D eigenvalue weighted by atomic mass is 16.5. The van der Waals surface area contributed by atoms with Gasteiger partial charge in [-0.15, -0.1) is 0 Å². The molecule has 0 atom stereocenters. The molecule has 0 unspecified atom stereocenters. The summed E-state index contributed by atoms with van der Waals surface area (Å²) in [5, 5.41) is 0. The van der Waals surface area contributed by atoms with Crippen LogP contribution >= 0.6 is 0 Å². The molecule has 0 aromatic heterocycles. The van der Waals surface area contributed by atoms with Crippen molar-refractivity contribution in [2.75, 3.05) is 13.2 Å². The van der Waals surface area contributed by atoms with Crippen LogP contribution in [0.15, 0.2) is 12.1 Å². The number of fused-ring (bicyclic) bond motifs is 1. The zero-order valence-electron chi connectivity index (χ0n) is 9.67. The monoisotopic (exact) mass is 206 g/mol. The predicted molar refractivity (Wildman–Crippen MR) is 60.9 cm³/mol. The van der Waals surface area contributed by atoms with E-state index >= 15 is 0 Å². The second-order valence-electron chi connectivity index (χ2n) is 4.31. The molecule has 1 aliphatic heterocycles. The fourth-order valence-corrected chi connectivity index (χ4v) is 2.02. The summed E-state index contributed by atoms with van der Waals surface area (Å²) in [6.07, 6.45) is 0.963. The number of rotatable bonds is 1. The van der Waals surface area contributed by atoms with E-state index in [-0.39, 0.29) is 0 Å². The van der Waals surface area contributed by atoms with Crippen molar-refractivity contribution in [3.05, 3.63) is 23.3 Å². The van der Waals surface area contributed by atoms with Crippen LogP contribution < -0.4 is 9.47 Å². The van der Waals surface area contributed by atoms with Crippen LogP contribution in [-0.2, 0) is 0 Å². The van der Waals surface area contributed by atoms with Gasteiger partial charge in [-0.2, -0.15) is 0 Å². The summed E-state index contributed by atoms with van der Waals surface area (Å²) in [7, 11) is 0. The summed E-state index contributed by atoms with van der Waals surface area (Å²) in [4.78, 5) is 0. The Balaban J connectivity index is 2.46. The van der Waals surface area contributed by atoms with Gasteiger partial charge in [0.15, 0.2) is 11.5 Å². The molecule has 0 bridgehead atoms. The quantitative estimate of drug-likeness (QED) is 0.702. The molecule has 0 amide bonds. The van der Waals surface area contributed by atoms with E-state index in [9.17, 15) is 0 Å². The van der Waals surface area contributed by atoms with Crippen molar-refractivity contribution in [3.63, 3.8) is 0 Å². The lowest BCUT2D eigenvalue weighted by molar-refractivity contribution is 0.296. The van der Waals surface area contributed by atoms with E-state index in [2.05, 4.69) is 26.8 Å². The van der Waals surface area contributed by atoms with Crippen LogP contribution in [0.3, 0.4) is 0 Å². The number of benzene rings is 1. The van der Waals surface area contributed by atoms with E-state index in [0.717, 1.165) is 31.1 Å². The third-order valence-corrected chi connectivity index (χ3v) is 2.83. The molecule has 1 aromatic carbocycles. The fourth-order valence-electron chi connectivity index (χ4n) is 2.02. The van der Waals surface area contributed by atoms with Gasteiger partial charge in [0.2, 0.25) is 0 Å². The first-order valence-electron chi connectivity index (χ1n) is 5.59. The Morgan fingerprint density at radius 3 is 2.60 bits per heavy atom. The predicted octanol–water partition coefficient (Wildman–Crippen LogP) is 3.28. The molecule has 2 heteroatoms. The molecule has 0 aliphatic carbocycles. The van der Waals surface area contributed by atoms with Gasteiger partial charge in [0.05, 0.1) is 13.2 Å². The van der Waals surface area contributed by atoms with E-state index in [1.807, 2.05) is 6.07 Å². The Morgan fingerprint density at radius 1 is 1.13 bits per heavy atom. The Morgan fingerprint density at radius 2 is 1.87 bits per heavy atom. The molecule has 2 rings (SSSR count). The van der Waals surface area contributed by atoms with Gasteiger partial charge in [-0.1, -0.05) is 19.9 Å². The van der Waals surface area contributed by atoms with Crippen LogP contribution in [0.5, 0.6) is 11.5 Å².